The number of benzene rings is 2. The number of amides is 3. The molecule has 0 bridgehead atoms. The largest absolute Gasteiger partial charge is 0.333 e. The summed E-state index contributed by atoms with van der Waals surface area (Å²) in [7, 11) is 1.63. The van der Waals surface area contributed by atoms with Gasteiger partial charge in [0.05, 0.1) is 11.8 Å². The molecule has 6 nitrogen and oxygen atoms in total. The second-order valence-corrected chi connectivity index (χ2v) is 9.75. The Kier molecular flexibility index (Phi) is 6.72. The topological polar surface area (TPSA) is 65.0 Å². The maximum atomic E-state index is 13.3. The molecular formula is C26H34N4O2. The van der Waals surface area contributed by atoms with Crippen molar-refractivity contribution in [3.05, 3.63) is 70.3 Å². The van der Waals surface area contributed by atoms with Crippen molar-refractivity contribution in [3.8, 4) is 0 Å². The van der Waals surface area contributed by atoms with E-state index >= 15 is 0 Å². The third-order valence-corrected chi connectivity index (χ3v) is 5.67. The van der Waals surface area contributed by atoms with Gasteiger partial charge in [-0.1, -0.05) is 42.0 Å². The van der Waals surface area contributed by atoms with E-state index in [1.807, 2.05) is 27.7 Å². The van der Waals surface area contributed by atoms with Crippen LogP contribution in [0.2, 0.25) is 0 Å². The number of carbonyl (C=O) groups is 2. The van der Waals surface area contributed by atoms with E-state index in [1.54, 1.807) is 12.1 Å². The number of hydrazone groups is 1. The zero-order valence-electron chi connectivity index (χ0n) is 20.2. The number of carbonyl (C=O) groups excluding carboxylic acids is 2. The molecule has 1 aliphatic heterocycles. The van der Waals surface area contributed by atoms with Gasteiger partial charge in [-0.05, 0) is 69.9 Å². The maximum absolute atomic E-state index is 13.3. The Morgan fingerprint density at radius 2 is 1.72 bits per heavy atom. The van der Waals surface area contributed by atoms with Gasteiger partial charge in [-0.25, -0.2) is 9.80 Å². The highest BCUT2D eigenvalue weighted by Gasteiger charge is 2.34. The Labute approximate surface area is 191 Å². The Morgan fingerprint density at radius 3 is 2.31 bits per heavy atom. The monoisotopic (exact) mass is 434 g/mol. The highest BCUT2D eigenvalue weighted by Crippen LogP contribution is 2.33. The molecule has 3 amide bonds. The van der Waals surface area contributed by atoms with Gasteiger partial charge in [-0.3, -0.25) is 4.79 Å². The summed E-state index contributed by atoms with van der Waals surface area (Å²) in [6.45, 7) is 11.9. The SMILES string of the molecule is Cc1ccc([C@H]2CC(c3ccc(C)c(C)c3)=NN2C(=O)CN(C)C(=O)NC(C)(C)C)cc1. The molecular weight excluding hydrogens is 400 g/mol. The smallest absolute Gasteiger partial charge is 0.318 e. The third kappa shape index (κ3) is 5.55. The molecule has 0 spiro atoms. The third-order valence-electron chi connectivity index (χ3n) is 5.67. The predicted octanol–water partition coefficient (Wildman–Crippen LogP) is 4.73. The average Bonchev–Trinajstić information content (AvgIpc) is 3.15. The minimum Gasteiger partial charge on any atom is -0.333 e. The van der Waals surface area contributed by atoms with Crippen LogP contribution in [0.5, 0.6) is 0 Å². The van der Waals surface area contributed by atoms with Gasteiger partial charge in [0.2, 0.25) is 0 Å². The number of likely N-dealkylation sites (N-methyl/N-ethyl adjacent to an activating group) is 1. The second kappa shape index (κ2) is 9.15. The lowest BCUT2D eigenvalue weighted by Gasteiger charge is -2.28. The summed E-state index contributed by atoms with van der Waals surface area (Å²) in [4.78, 5) is 27.1. The summed E-state index contributed by atoms with van der Waals surface area (Å²) in [5.41, 5.74) is 6.16. The molecule has 32 heavy (non-hydrogen) atoms. The zero-order valence-corrected chi connectivity index (χ0v) is 20.2. The molecule has 1 atom stereocenters. The summed E-state index contributed by atoms with van der Waals surface area (Å²) in [5.74, 6) is -0.207. The van der Waals surface area contributed by atoms with Crippen LogP contribution in [0.4, 0.5) is 4.79 Å². The fourth-order valence-electron chi connectivity index (χ4n) is 3.65. The molecule has 2 aromatic rings. The quantitative estimate of drug-likeness (QED) is 0.756. The molecule has 0 fully saturated rings. The fourth-order valence-corrected chi connectivity index (χ4v) is 3.65. The van der Waals surface area contributed by atoms with Crippen molar-refractivity contribution in [2.24, 2.45) is 5.10 Å². The van der Waals surface area contributed by atoms with Gasteiger partial charge >= 0.3 is 6.03 Å². The summed E-state index contributed by atoms with van der Waals surface area (Å²) in [5, 5.41) is 9.18. The van der Waals surface area contributed by atoms with Crippen LogP contribution in [0.15, 0.2) is 47.6 Å². The Morgan fingerprint density at radius 1 is 1.06 bits per heavy atom. The number of urea groups is 1. The summed E-state index contributed by atoms with van der Waals surface area (Å²) < 4.78 is 0. The first-order valence-corrected chi connectivity index (χ1v) is 11.0. The van der Waals surface area contributed by atoms with Crippen molar-refractivity contribution < 1.29 is 9.59 Å². The van der Waals surface area contributed by atoms with Crippen LogP contribution in [0.25, 0.3) is 0 Å². The van der Waals surface area contributed by atoms with E-state index in [-0.39, 0.29) is 30.1 Å². The van der Waals surface area contributed by atoms with Gasteiger partial charge in [0.15, 0.2) is 0 Å². The number of hydrogen-bond donors (Lipinski definition) is 1. The predicted molar refractivity (Wildman–Crippen MR) is 129 cm³/mol. The molecule has 2 aromatic carbocycles. The minimum absolute atomic E-state index is 0.0476. The Hall–Kier alpha value is -3.15. The zero-order chi connectivity index (χ0) is 23.6. The molecule has 170 valence electrons. The molecule has 0 unspecified atom stereocenters. The number of rotatable bonds is 4. The lowest BCUT2D eigenvalue weighted by atomic mass is 9.96. The molecule has 0 saturated heterocycles. The van der Waals surface area contributed by atoms with Gasteiger partial charge in [-0.15, -0.1) is 0 Å². The number of nitrogens with zero attached hydrogens (tertiary/aromatic N) is 3. The van der Waals surface area contributed by atoms with Crippen molar-refractivity contribution >= 4 is 17.6 Å². The lowest BCUT2D eigenvalue weighted by Crippen LogP contribution is -2.49. The second-order valence-electron chi connectivity index (χ2n) is 9.75. The van der Waals surface area contributed by atoms with E-state index < -0.39 is 0 Å². The fraction of sp³-hybridized carbons (Fsp3) is 0.423. The van der Waals surface area contributed by atoms with Crippen molar-refractivity contribution in [1.82, 2.24) is 15.2 Å². The van der Waals surface area contributed by atoms with Crippen LogP contribution in [0, 0.1) is 20.8 Å². The summed E-state index contributed by atoms with van der Waals surface area (Å²) >= 11 is 0. The van der Waals surface area contributed by atoms with Crippen LogP contribution in [0.1, 0.15) is 61.1 Å². The number of aryl methyl sites for hydroxylation is 3. The molecule has 1 heterocycles. The molecule has 1 N–H and O–H groups in total. The van der Waals surface area contributed by atoms with Gasteiger partial charge in [0.25, 0.3) is 5.91 Å². The van der Waals surface area contributed by atoms with Gasteiger partial charge in [0, 0.05) is 19.0 Å². The molecule has 0 aromatic heterocycles. The summed E-state index contributed by atoms with van der Waals surface area (Å²) in [6, 6.07) is 14.0. The molecule has 0 aliphatic carbocycles. The standard InChI is InChI=1S/C26H34N4O2/c1-17-8-11-20(12-9-17)23-15-22(21-13-10-18(2)19(3)14-21)28-30(23)24(31)16-29(7)25(32)27-26(4,5)6/h8-14,23H,15-16H2,1-7H3,(H,27,32)/t23-/m1/s1. The molecule has 6 heteroatoms. The van der Waals surface area contributed by atoms with Gasteiger partial charge in [0.1, 0.15) is 6.54 Å². The number of hydrogen-bond acceptors (Lipinski definition) is 3. The maximum Gasteiger partial charge on any atom is 0.318 e. The van der Waals surface area contributed by atoms with Crippen LogP contribution in [-0.2, 0) is 4.79 Å². The molecule has 0 saturated carbocycles. The van der Waals surface area contributed by atoms with E-state index in [0.717, 1.165) is 16.8 Å². The minimum atomic E-state index is -0.374. The molecule has 3 rings (SSSR count). The number of nitrogens with one attached hydrogen (secondary N) is 1. The van der Waals surface area contributed by atoms with Crippen LogP contribution >= 0.6 is 0 Å². The van der Waals surface area contributed by atoms with Crippen LogP contribution in [-0.4, -0.2) is 46.7 Å². The van der Waals surface area contributed by atoms with Gasteiger partial charge in [-0.2, -0.15) is 5.10 Å². The van der Waals surface area contributed by atoms with E-state index in [2.05, 4.69) is 61.6 Å². The van der Waals surface area contributed by atoms with E-state index in [1.165, 1.54) is 21.6 Å². The average molecular weight is 435 g/mol. The molecule has 1 aliphatic rings. The van der Waals surface area contributed by atoms with Crippen LogP contribution in [0.3, 0.4) is 0 Å². The van der Waals surface area contributed by atoms with Crippen molar-refractivity contribution in [3.63, 3.8) is 0 Å². The van der Waals surface area contributed by atoms with Crippen LogP contribution < -0.4 is 5.32 Å². The van der Waals surface area contributed by atoms with Crippen molar-refractivity contribution in [1.29, 1.82) is 0 Å². The summed E-state index contributed by atoms with van der Waals surface area (Å²) in [6.07, 6.45) is 0.634. The Balaban J connectivity index is 1.87. The molecule has 0 radical (unpaired) electrons. The highest BCUT2D eigenvalue weighted by atomic mass is 16.2. The lowest BCUT2D eigenvalue weighted by molar-refractivity contribution is -0.133. The van der Waals surface area contributed by atoms with Gasteiger partial charge < -0.3 is 10.2 Å². The highest BCUT2D eigenvalue weighted by molar-refractivity contribution is 6.03. The Bertz CT molecular complexity index is 1030. The van der Waals surface area contributed by atoms with E-state index in [4.69, 9.17) is 5.10 Å². The van der Waals surface area contributed by atoms with E-state index in [0.29, 0.717) is 6.42 Å². The first-order chi connectivity index (χ1) is 14.9. The first-order valence-electron chi connectivity index (χ1n) is 11.0. The normalized spacial score (nSPS) is 16.0. The van der Waals surface area contributed by atoms with E-state index in [9.17, 15) is 9.59 Å². The first kappa shape index (κ1) is 23.5. The van der Waals surface area contributed by atoms with Crippen molar-refractivity contribution in [2.75, 3.05) is 13.6 Å². The van der Waals surface area contributed by atoms with Crippen molar-refractivity contribution in [2.45, 2.75) is 59.5 Å².